The highest BCUT2D eigenvalue weighted by Gasteiger charge is 2.04. The van der Waals surface area contributed by atoms with Gasteiger partial charge >= 0.3 is 0 Å². The van der Waals surface area contributed by atoms with Gasteiger partial charge in [0.05, 0.1) is 12.8 Å². The standard InChI is InChI=1S/C16H18N2O3/c1-3-13-9-10-15(21-13)11-17-18-16(19)12-5-7-14(8-6-12)20-4-2/h5-11H,3-4H2,1-2H3,(H,18,19)/b17-11-. The number of carbonyl (C=O) groups excluding carboxylic acids is 1. The van der Waals surface area contributed by atoms with Gasteiger partial charge in [0.25, 0.3) is 5.91 Å². The van der Waals surface area contributed by atoms with Crippen LogP contribution < -0.4 is 10.2 Å². The van der Waals surface area contributed by atoms with E-state index in [1.165, 1.54) is 6.21 Å². The summed E-state index contributed by atoms with van der Waals surface area (Å²) in [5.41, 5.74) is 2.97. The van der Waals surface area contributed by atoms with E-state index in [0.29, 0.717) is 17.9 Å². The highest BCUT2D eigenvalue weighted by Crippen LogP contribution is 2.12. The number of rotatable bonds is 6. The Balaban J connectivity index is 1.91. The smallest absolute Gasteiger partial charge is 0.271 e. The highest BCUT2D eigenvalue weighted by atomic mass is 16.5. The molecule has 1 amide bonds. The zero-order chi connectivity index (χ0) is 15.1. The van der Waals surface area contributed by atoms with Gasteiger partial charge in [-0.2, -0.15) is 5.10 Å². The van der Waals surface area contributed by atoms with E-state index in [1.54, 1.807) is 24.3 Å². The van der Waals surface area contributed by atoms with Crippen LogP contribution >= 0.6 is 0 Å². The molecule has 0 atom stereocenters. The average molecular weight is 286 g/mol. The van der Waals surface area contributed by atoms with E-state index in [9.17, 15) is 4.79 Å². The Labute approximate surface area is 123 Å². The van der Waals surface area contributed by atoms with Gasteiger partial charge < -0.3 is 9.15 Å². The van der Waals surface area contributed by atoms with Gasteiger partial charge in [-0.15, -0.1) is 0 Å². The summed E-state index contributed by atoms with van der Waals surface area (Å²) in [5.74, 6) is 1.95. The van der Waals surface area contributed by atoms with Crippen LogP contribution in [0, 0.1) is 0 Å². The number of hydrogen-bond acceptors (Lipinski definition) is 4. The molecule has 0 aliphatic heterocycles. The summed E-state index contributed by atoms with van der Waals surface area (Å²) in [6.07, 6.45) is 2.30. The fourth-order valence-corrected chi connectivity index (χ4v) is 1.74. The van der Waals surface area contributed by atoms with Crippen molar-refractivity contribution >= 4 is 12.1 Å². The number of nitrogens with one attached hydrogen (secondary N) is 1. The average Bonchev–Trinajstić information content (AvgIpc) is 2.96. The van der Waals surface area contributed by atoms with Gasteiger partial charge in [0, 0.05) is 12.0 Å². The van der Waals surface area contributed by atoms with E-state index in [1.807, 2.05) is 26.0 Å². The van der Waals surface area contributed by atoms with Crippen molar-refractivity contribution in [3.63, 3.8) is 0 Å². The Bertz CT molecular complexity index is 615. The van der Waals surface area contributed by atoms with Gasteiger partial charge in [-0.3, -0.25) is 4.79 Å². The SMILES string of the molecule is CCOc1ccc(C(=O)N/N=C\c2ccc(CC)o2)cc1. The normalized spacial score (nSPS) is 10.8. The lowest BCUT2D eigenvalue weighted by atomic mass is 10.2. The summed E-state index contributed by atoms with van der Waals surface area (Å²) in [5, 5.41) is 3.87. The second-order valence-electron chi connectivity index (χ2n) is 4.31. The van der Waals surface area contributed by atoms with Crippen LogP contribution in [-0.2, 0) is 6.42 Å². The van der Waals surface area contributed by atoms with Gasteiger partial charge in [-0.1, -0.05) is 6.92 Å². The number of amides is 1. The third kappa shape index (κ3) is 4.21. The van der Waals surface area contributed by atoms with Crippen molar-refractivity contribution in [2.24, 2.45) is 5.10 Å². The monoisotopic (exact) mass is 286 g/mol. The first kappa shape index (κ1) is 14.8. The van der Waals surface area contributed by atoms with Gasteiger partial charge in [0.1, 0.15) is 17.3 Å². The van der Waals surface area contributed by atoms with Gasteiger partial charge in [-0.05, 0) is 43.3 Å². The van der Waals surface area contributed by atoms with Crippen molar-refractivity contribution in [1.82, 2.24) is 5.43 Å². The minimum atomic E-state index is -0.281. The molecule has 0 fully saturated rings. The molecule has 0 unspecified atom stereocenters. The van der Waals surface area contributed by atoms with Crippen LogP contribution in [0.25, 0.3) is 0 Å². The van der Waals surface area contributed by atoms with E-state index >= 15 is 0 Å². The van der Waals surface area contributed by atoms with Crippen molar-refractivity contribution in [2.75, 3.05) is 6.61 Å². The molecule has 0 radical (unpaired) electrons. The minimum absolute atomic E-state index is 0.281. The first-order chi connectivity index (χ1) is 10.2. The quantitative estimate of drug-likeness (QED) is 0.656. The van der Waals surface area contributed by atoms with Crippen LogP contribution in [0.15, 0.2) is 45.9 Å². The van der Waals surface area contributed by atoms with Crippen molar-refractivity contribution in [3.8, 4) is 5.75 Å². The van der Waals surface area contributed by atoms with Crippen LogP contribution in [-0.4, -0.2) is 18.7 Å². The fraction of sp³-hybridized carbons (Fsp3) is 0.250. The van der Waals surface area contributed by atoms with Crippen LogP contribution in [0.5, 0.6) is 5.75 Å². The molecule has 1 aromatic heterocycles. The van der Waals surface area contributed by atoms with Gasteiger partial charge in [0.2, 0.25) is 0 Å². The zero-order valence-corrected chi connectivity index (χ0v) is 12.1. The number of furan rings is 1. The molecule has 2 aromatic rings. The maximum atomic E-state index is 11.9. The maximum Gasteiger partial charge on any atom is 0.271 e. The Kier molecular flexibility index (Phi) is 5.15. The molecular weight excluding hydrogens is 268 g/mol. The highest BCUT2D eigenvalue weighted by molar-refractivity contribution is 5.94. The number of carbonyl (C=O) groups is 1. The summed E-state index contributed by atoms with van der Waals surface area (Å²) >= 11 is 0. The number of aryl methyl sites for hydroxylation is 1. The number of ether oxygens (including phenoxy) is 1. The predicted molar refractivity (Wildman–Crippen MR) is 80.8 cm³/mol. The molecule has 5 nitrogen and oxygen atoms in total. The molecule has 0 bridgehead atoms. The molecule has 0 aliphatic carbocycles. The Morgan fingerprint density at radius 2 is 2.00 bits per heavy atom. The maximum absolute atomic E-state index is 11.9. The molecule has 5 heteroatoms. The lowest BCUT2D eigenvalue weighted by molar-refractivity contribution is 0.0955. The summed E-state index contributed by atoms with van der Waals surface area (Å²) in [4.78, 5) is 11.9. The molecule has 1 heterocycles. The number of nitrogens with zero attached hydrogens (tertiary/aromatic N) is 1. The van der Waals surface area contributed by atoms with Crippen molar-refractivity contribution < 1.29 is 13.9 Å². The van der Waals surface area contributed by atoms with Crippen LogP contribution in [0.3, 0.4) is 0 Å². The predicted octanol–water partition coefficient (Wildman–Crippen LogP) is 3.00. The molecule has 0 saturated heterocycles. The van der Waals surface area contributed by atoms with Crippen molar-refractivity contribution in [2.45, 2.75) is 20.3 Å². The van der Waals surface area contributed by atoms with E-state index in [-0.39, 0.29) is 5.91 Å². The number of benzene rings is 1. The van der Waals surface area contributed by atoms with E-state index in [4.69, 9.17) is 9.15 Å². The molecule has 21 heavy (non-hydrogen) atoms. The summed E-state index contributed by atoms with van der Waals surface area (Å²) in [7, 11) is 0. The molecule has 110 valence electrons. The summed E-state index contributed by atoms with van der Waals surface area (Å²) < 4.78 is 10.8. The topological polar surface area (TPSA) is 63.8 Å². The lowest BCUT2D eigenvalue weighted by Crippen LogP contribution is -2.17. The van der Waals surface area contributed by atoms with Crippen LogP contribution in [0.2, 0.25) is 0 Å². The third-order valence-corrected chi connectivity index (χ3v) is 2.82. The minimum Gasteiger partial charge on any atom is -0.494 e. The molecule has 1 N–H and O–H groups in total. The Morgan fingerprint density at radius 3 is 2.62 bits per heavy atom. The summed E-state index contributed by atoms with van der Waals surface area (Å²) in [6, 6.07) is 10.6. The van der Waals surface area contributed by atoms with Crippen molar-refractivity contribution in [1.29, 1.82) is 0 Å². The second kappa shape index (κ2) is 7.28. The molecule has 1 aromatic carbocycles. The Hall–Kier alpha value is -2.56. The van der Waals surface area contributed by atoms with E-state index in [0.717, 1.165) is 17.9 Å². The zero-order valence-electron chi connectivity index (χ0n) is 12.1. The Morgan fingerprint density at radius 1 is 1.24 bits per heavy atom. The molecular formula is C16H18N2O3. The van der Waals surface area contributed by atoms with Crippen LogP contribution in [0.4, 0.5) is 0 Å². The fourth-order valence-electron chi connectivity index (χ4n) is 1.74. The van der Waals surface area contributed by atoms with Crippen LogP contribution in [0.1, 0.15) is 35.7 Å². The van der Waals surface area contributed by atoms with Crippen molar-refractivity contribution in [3.05, 3.63) is 53.5 Å². The van der Waals surface area contributed by atoms with Gasteiger partial charge in [0.15, 0.2) is 0 Å². The molecule has 0 saturated carbocycles. The summed E-state index contributed by atoms with van der Waals surface area (Å²) in [6.45, 7) is 4.51. The number of hydrazone groups is 1. The first-order valence-electron chi connectivity index (χ1n) is 6.88. The largest absolute Gasteiger partial charge is 0.494 e. The molecule has 0 spiro atoms. The number of hydrogen-bond donors (Lipinski definition) is 1. The lowest BCUT2D eigenvalue weighted by Gasteiger charge is -2.03. The second-order valence-corrected chi connectivity index (χ2v) is 4.31. The molecule has 0 aliphatic rings. The van der Waals surface area contributed by atoms with E-state index < -0.39 is 0 Å². The first-order valence-corrected chi connectivity index (χ1v) is 6.88. The van der Waals surface area contributed by atoms with Gasteiger partial charge in [-0.25, -0.2) is 5.43 Å². The van der Waals surface area contributed by atoms with E-state index in [2.05, 4.69) is 10.5 Å². The third-order valence-electron chi connectivity index (χ3n) is 2.82. The molecule has 2 rings (SSSR count).